The number of nitrogens with two attached hydrogens (primary N) is 1. The second kappa shape index (κ2) is 9.16. The van der Waals surface area contributed by atoms with Crippen molar-refractivity contribution in [2.24, 2.45) is 4.99 Å². The SMILES string of the molecule is CN(Cc1ccc(N=C(c2ccccc2)c2c(O)[nH]c3ccc(N)cc23)cc1)c1ccccc1. The number of hydrogen-bond acceptors (Lipinski definition) is 4. The summed E-state index contributed by atoms with van der Waals surface area (Å²) in [6, 6.07) is 33.9. The zero-order valence-electron chi connectivity index (χ0n) is 18.9. The van der Waals surface area contributed by atoms with Gasteiger partial charge in [0.2, 0.25) is 0 Å². The van der Waals surface area contributed by atoms with E-state index in [0.29, 0.717) is 17.0 Å². The predicted octanol–water partition coefficient (Wildman–Crippen LogP) is 6.26. The van der Waals surface area contributed by atoms with Crippen LogP contribution in [-0.4, -0.2) is 22.8 Å². The van der Waals surface area contributed by atoms with E-state index >= 15 is 0 Å². The largest absolute Gasteiger partial charge is 0.494 e. The van der Waals surface area contributed by atoms with Crippen molar-refractivity contribution in [3.8, 4) is 5.88 Å². The van der Waals surface area contributed by atoms with Gasteiger partial charge in [0, 0.05) is 41.4 Å². The van der Waals surface area contributed by atoms with Gasteiger partial charge in [-0.15, -0.1) is 0 Å². The van der Waals surface area contributed by atoms with Crippen LogP contribution in [0.15, 0.2) is 108 Å². The molecule has 0 fully saturated rings. The zero-order chi connectivity index (χ0) is 23.5. The minimum atomic E-state index is 0.0734. The Balaban J connectivity index is 1.52. The lowest BCUT2D eigenvalue weighted by atomic mass is 10.0. The topological polar surface area (TPSA) is 77.6 Å². The number of nitrogen functional groups attached to an aromatic ring is 1. The van der Waals surface area contributed by atoms with Crippen molar-refractivity contribution in [3.05, 3.63) is 120 Å². The quantitative estimate of drug-likeness (QED) is 0.213. The molecule has 4 aromatic carbocycles. The molecule has 0 radical (unpaired) electrons. The number of aliphatic imine (C=N–C) groups is 1. The molecule has 168 valence electrons. The Kier molecular flexibility index (Phi) is 5.75. The van der Waals surface area contributed by atoms with Crippen LogP contribution in [0.4, 0.5) is 17.1 Å². The average molecular weight is 447 g/mol. The molecule has 34 heavy (non-hydrogen) atoms. The van der Waals surface area contributed by atoms with Crippen LogP contribution >= 0.6 is 0 Å². The molecule has 0 unspecified atom stereocenters. The first kappa shape index (κ1) is 21.3. The molecule has 0 bridgehead atoms. The lowest BCUT2D eigenvalue weighted by molar-refractivity contribution is 0.457. The third kappa shape index (κ3) is 4.36. The molecule has 5 nitrogen and oxygen atoms in total. The summed E-state index contributed by atoms with van der Waals surface area (Å²) in [5.74, 6) is 0.0734. The van der Waals surface area contributed by atoms with Gasteiger partial charge in [0.15, 0.2) is 5.88 Å². The fraction of sp³-hybridized carbons (Fsp3) is 0.0690. The normalized spacial score (nSPS) is 11.6. The third-order valence-electron chi connectivity index (χ3n) is 5.88. The number of para-hydroxylation sites is 1. The molecular formula is C29H26N4O. The van der Waals surface area contributed by atoms with Crippen LogP contribution in [0.1, 0.15) is 16.7 Å². The molecule has 0 saturated carbocycles. The van der Waals surface area contributed by atoms with E-state index in [1.807, 2.05) is 78.9 Å². The maximum absolute atomic E-state index is 10.8. The Morgan fingerprint density at radius 1 is 0.882 bits per heavy atom. The van der Waals surface area contributed by atoms with E-state index in [1.54, 1.807) is 0 Å². The molecule has 0 aliphatic heterocycles. The van der Waals surface area contributed by atoms with E-state index in [2.05, 4.69) is 41.2 Å². The highest BCUT2D eigenvalue weighted by molar-refractivity contribution is 6.22. The molecule has 4 N–H and O–H groups in total. The van der Waals surface area contributed by atoms with Crippen LogP contribution in [0.3, 0.4) is 0 Å². The highest BCUT2D eigenvalue weighted by Crippen LogP contribution is 2.32. The lowest BCUT2D eigenvalue weighted by Gasteiger charge is -2.19. The van der Waals surface area contributed by atoms with Crippen molar-refractivity contribution in [1.29, 1.82) is 0 Å². The number of benzene rings is 4. The van der Waals surface area contributed by atoms with Crippen LogP contribution in [0.2, 0.25) is 0 Å². The summed E-state index contributed by atoms with van der Waals surface area (Å²) >= 11 is 0. The molecule has 0 atom stereocenters. The number of nitrogens with one attached hydrogen (secondary N) is 1. The van der Waals surface area contributed by atoms with Crippen LogP contribution in [-0.2, 0) is 6.54 Å². The second-order valence-corrected chi connectivity index (χ2v) is 8.34. The van der Waals surface area contributed by atoms with Gasteiger partial charge < -0.3 is 20.7 Å². The maximum atomic E-state index is 10.8. The van der Waals surface area contributed by atoms with Gasteiger partial charge in [-0.25, -0.2) is 4.99 Å². The zero-order valence-corrected chi connectivity index (χ0v) is 18.9. The number of anilines is 2. The number of fused-ring (bicyclic) bond motifs is 1. The van der Waals surface area contributed by atoms with Gasteiger partial charge in [-0.2, -0.15) is 0 Å². The number of nitrogens with zero attached hydrogens (tertiary/aromatic N) is 2. The molecule has 0 spiro atoms. The van der Waals surface area contributed by atoms with Crippen molar-refractivity contribution < 1.29 is 5.11 Å². The minimum Gasteiger partial charge on any atom is -0.494 e. The fourth-order valence-corrected chi connectivity index (χ4v) is 4.15. The predicted molar refractivity (Wildman–Crippen MR) is 141 cm³/mol. The van der Waals surface area contributed by atoms with Crippen molar-refractivity contribution in [2.75, 3.05) is 17.7 Å². The second-order valence-electron chi connectivity index (χ2n) is 8.34. The molecule has 5 rings (SSSR count). The minimum absolute atomic E-state index is 0.0734. The van der Waals surface area contributed by atoms with Crippen molar-refractivity contribution in [2.45, 2.75) is 6.54 Å². The summed E-state index contributed by atoms with van der Waals surface area (Å²) < 4.78 is 0. The Bertz CT molecular complexity index is 1440. The Morgan fingerprint density at radius 2 is 1.56 bits per heavy atom. The number of aromatic nitrogens is 1. The highest BCUT2D eigenvalue weighted by Gasteiger charge is 2.18. The van der Waals surface area contributed by atoms with E-state index < -0.39 is 0 Å². The summed E-state index contributed by atoms with van der Waals surface area (Å²) in [5, 5.41) is 11.6. The van der Waals surface area contributed by atoms with E-state index in [-0.39, 0.29) is 5.88 Å². The summed E-state index contributed by atoms with van der Waals surface area (Å²) in [6.45, 7) is 0.794. The fourth-order valence-electron chi connectivity index (χ4n) is 4.15. The molecule has 5 aromatic rings. The molecule has 5 heteroatoms. The van der Waals surface area contributed by atoms with Gasteiger partial charge in [0.1, 0.15) is 0 Å². The molecule has 0 amide bonds. The summed E-state index contributed by atoms with van der Waals surface area (Å²) in [4.78, 5) is 10.2. The summed E-state index contributed by atoms with van der Waals surface area (Å²) in [6.07, 6.45) is 0. The van der Waals surface area contributed by atoms with Crippen LogP contribution in [0.25, 0.3) is 10.9 Å². The van der Waals surface area contributed by atoms with Crippen molar-refractivity contribution in [1.82, 2.24) is 4.98 Å². The number of hydrogen-bond donors (Lipinski definition) is 3. The molecule has 1 aromatic heterocycles. The molecule has 0 aliphatic rings. The standard InChI is InChI=1S/C29H26N4O/c1-33(24-10-6-3-7-11-24)19-20-12-15-23(16-13-20)31-28(21-8-4-2-5-9-21)27-25-18-22(30)14-17-26(25)32-29(27)34/h2-18,32,34H,19,30H2,1H3. The number of rotatable bonds is 6. The van der Waals surface area contributed by atoms with Gasteiger partial charge in [-0.3, -0.25) is 0 Å². The van der Waals surface area contributed by atoms with E-state index in [9.17, 15) is 5.11 Å². The Morgan fingerprint density at radius 3 is 2.26 bits per heavy atom. The Hall–Kier alpha value is -4.51. The van der Waals surface area contributed by atoms with Gasteiger partial charge >= 0.3 is 0 Å². The average Bonchev–Trinajstić information content (AvgIpc) is 3.19. The smallest absolute Gasteiger partial charge is 0.199 e. The van der Waals surface area contributed by atoms with Gasteiger partial charge in [-0.05, 0) is 48.0 Å². The Labute approximate surface area is 198 Å². The van der Waals surface area contributed by atoms with E-state index in [0.717, 1.165) is 28.7 Å². The van der Waals surface area contributed by atoms with Gasteiger partial charge in [0.05, 0.1) is 17.0 Å². The van der Waals surface area contributed by atoms with E-state index in [4.69, 9.17) is 10.7 Å². The highest BCUT2D eigenvalue weighted by atomic mass is 16.3. The number of aromatic hydroxyl groups is 1. The number of aromatic amines is 1. The van der Waals surface area contributed by atoms with Gasteiger partial charge in [-0.1, -0.05) is 60.7 Å². The third-order valence-corrected chi connectivity index (χ3v) is 5.88. The number of H-pyrrole nitrogens is 1. The first-order valence-corrected chi connectivity index (χ1v) is 11.2. The molecule has 0 aliphatic carbocycles. The maximum Gasteiger partial charge on any atom is 0.199 e. The summed E-state index contributed by atoms with van der Waals surface area (Å²) in [7, 11) is 2.08. The van der Waals surface area contributed by atoms with Crippen LogP contribution in [0, 0.1) is 0 Å². The lowest BCUT2D eigenvalue weighted by Crippen LogP contribution is -2.15. The molecular weight excluding hydrogens is 420 g/mol. The molecule has 1 heterocycles. The van der Waals surface area contributed by atoms with Gasteiger partial charge in [0.25, 0.3) is 0 Å². The monoisotopic (exact) mass is 446 g/mol. The van der Waals surface area contributed by atoms with Crippen molar-refractivity contribution in [3.63, 3.8) is 0 Å². The first-order chi connectivity index (χ1) is 16.6. The van der Waals surface area contributed by atoms with Crippen LogP contribution < -0.4 is 10.6 Å². The van der Waals surface area contributed by atoms with Crippen LogP contribution in [0.5, 0.6) is 5.88 Å². The first-order valence-electron chi connectivity index (χ1n) is 11.2. The summed E-state index contributed by atoms with van der Waals surface area (Å²) in [5.41, 5.74) is 12.9. The van der Waals surface area contributed by atoms with E-state index in [1.165, 1.54) is 11.3 Å². The van der Waals surface area contributed by atoms with Crippen molar-refractivity contribution >= 4 is 33.7 Å². The molecule has 0 saturated heterocycles.